The van der Waals surface area contributed by atoms with Crippen LogP contribution < -0.4 is 9.64 Å². The molecule has 0 aromatic heterocycles. The lowest BCUT2D eigenvalue weighted by Crippen LogP contribution is -2.47. The van der Waals surface area contributed by atoms with Crippen LogP contribution in [0.3, 0.4) is 0 Å². The van der Waals surface area contributed by atoms with E-state index in [-0.39, 0.29) is 18.9 Å². The van der Waals surface area contributed by atoms with Gasteiger partial charge in [-0.25, -0.2) is 9.29 Å². The number of carbonyl (C=O) groups is 3. The van der Waals surface area contributed by atoms with E-state index in [0.717, 1.165) is 24.2 Å². The van der Waals surface area contributed by atoms with Crippen molar-refractivity contribution < 1.29 is 23.5 Å². The highest BCUT2D eigenvalue weighted by Gasteiger charge is 2.44. The third-order valence-electron chi connectivity index (χ3n) is 6.07. The summed E-state index contributed by atoms with van der Waals surface area (Å²) in [4.78, 5) is 41.6. The molecule has 0 bridgehead atoms. The van der Waals surface area contributed by atoms with Gasteiger partial charge < -0.3 is 9.64 Å². The van der Waals surface area contributed by atoms with Gasteiger partial charge in [0.15, 0.2) is 6.61 Å². The number of allylic oxidation sites excluding steroid dienone is 1. The minimum Gasteiger partial charge on any atom is -0.484 e. The summed E-state index contributed by atoms with van der Waals surface area (Å²) in [5.41, 5.74) is 1.58. The Morgan fingerprint density at radius 3 is 2.52 bits per heavy atom. The van der Waals surface area contributed by atoms with Gasteiger partial charge in [0.05, 0.1) is 12.1 Å². The predicted octanol–water partition coefficient (Wildman–Crippen LogP) is 4.26. The van der Waals surface area contributed by atoms with Crippen molar-refractivity contribution in [3.63, 3.8) is 0 Å². The highest BCUT2D eigenvalue weighted by molar-refractivity contribution is 6.23. The molecule has 1 atom stereocenters. The maximum atomic E-state index is 13.3. The molecule has 4 rings (SSSR count). The molecule has 7 heteroatoms. The Hall–Kier alpha value is -3.48. The van der Waals surface area contributed by atoms with Crippen molar-refractivity contribution in [2.24, 2.45) is 0 Å². The van der Waals surface area contributed by atoms with Gasteiger partial charge >= 0.3 is 0 Å². The fourth-order valence-electron chi connectivity index (χ4n) is 4.32. The van der Waals surface area contributed by atoms with Gasteiger partial charge in [0, 0.05) is 6.54 Å². The molecule has 1 heterocycles. The van der Waals surface area contributed by atoms with Crippen molar-refractivity contribution in [1.29, 1.82) is 0 Å². The van der Waals surface area contributed by atoms with E-state index in [1.165, 1.54) is 41.2 Å². The van der Waals surface area contributed by atoms with Crippen molar-refractivity contribution in [3.05, 3.63) is 72.1 Å². The second-order valence-corrected chi connectivity index (χ2v) is 8.31. The number of carbonyl (C=O) groups excluding carboxylic acids is 3. The number of hydrogen-bond donors (Lipinski definition) is 0. The topological polar surface area (TPSA) is 66.9 Å². The Balaban J connectivity index is 1.51. The molecule has 1 aliphatic carbocycles. The van der Waals surface area contributed by atoms with Gasteiger partial charge in [-0.2, -0.15) is 0 Å². The molecule has 1 unspecified atom stereocenters. The molecule has 0 N–H and O–H groups in total. The molecule has 1 fully saturated rings. The molecule has 2 aromatic rings. The molecule has 0 radical (unpaired) electrons. The first-order chi connectivity index (χ1) is 16.0. The van der Waals surface area contributed by atoms with Crippen molar-refractivity contribution in [1.82, 2.24) is 4.90 Å². The van der Waals surface area contributed by atoms with E-state index in [4.69, 9.17) is 4.74 Å². The number of imide groups is 1. The zero-order valence-electron chi connectivity index (χ0n) is 18.4. The molecule has 2 aliphatic rings. The Morgan fingerprint density at radius 1 is 1.06 bits per heavy atom. The Kier molecular flexibility index (Phi) is 7.17. The van der Waals surface area contributed by atoms with E-state index < -0.39 is 23.7 Å². The number of para-hydroxylation sites is 1. The van der Waals surface area contributed by atoms with E-state index in [1.54, 1.807) is 12.1 Å². The smallest absolute Gasteiger partial charge is 0.261 e. The normalized spacial score (nSPS) is 18.3. The number of halogens is 1. The molecular weight excluding hydrogens is 423 g/mol. The molecule has 172 valence electrons. The average molecular weight is 451 g/mol. The SMILES string of the molecule is O=C1CC(N(CCC2=CCCCC2)C(=O)COc2ccccc2)C(=O)N1c1ccc(F)cc1. The first-order valence-corrected chi connectivity index (χ1v) is 11.3. The third kappa shape index (κ3) is 5.48. The quantitative estimate of drug-likeness (QED) is 0.445. The monoisotopic (exact) mass is 450 g/mol. The molecule has 0 saturated carbocycles. The van der Waals surface area contributed by atoms with Crippen LogP contribution in [0, 0.1) is 5.82 Å². The van der Waals surface area contributed by atoms with Gasteiger partial charge in [0.1, 0.15) is 17.6 Å². The Bertz CT molecular complexity index is 1040. The molecule has 1 aliphatic heterocycles. The van der Waals surface area contributed by atoms with Gasteiger partial charge in [-0.3, -0.25) is 14.4 Å². The zero-order valence-corrected chi connectivity index (χ0v) is 18.4. The van der Waals surface area contributed by atoms with Crippen LogP contribution >= 0.6 is 0 Å². The van der Waals surface area contributed by atoms with Crippen LogP contribution in [-0.2, 0) is 14.4 Å². The first kappa shape index (κ1) is 22.7. The van der Waals surface area contributed by atoms with Gasteiger partial charge in [-0.1, -0.05) is 29.8 Å². The number of benzene rings is 2. The molecule has 0 spiro atoms. The second-order valence-electron chi connectivity index (χ2n) is 8.31. The average Bonchev–Trinajstić information content (AvgIpc) is 3.13. The summed E-state index contributed by atoms with van der Waals surface area (Å²) in [5, 5.41) is 0. The number of amides is 3. The summed E-state index contributed by atoms with van der Waals surface area (Å²) in [6.07, 6.45) is 7.06. The standard InChI is InChI=1S/C26H27FN2O4/c27-20-11-13-21(14-12-20)29-24(30)17-23(26(29)32)28(16-15-19-7-3-1-4-8-19)25(31)18-33-22-9-5-2-6-10-22/h2,5-7,9-14,23H,1,3-4,8,15-18H2. The lowest BCUT2D eigenvalue weighted by molar-refractivity contribution is -0.140. The molecule has 1 saturated heterocycles. The number of anilines is 1. The number of rotatable bonds is 8. The summed E-state index contributed by atoms with van der Waals surface area (Å²) in [6, 6.07) is 13.3. The van der Waals surface area contributed by atoms with E-state index >= 15 is 0 Å². The molecule has 2 aromatic carbocycles. The van der Waals surface area contributed by atoms with E-state index in [9.17, 15) is 18.8 Å². The fourth-order valence-corrected chi connectivity index (χ4v) is 4.32. The molecular formula is C26H27FN2O4. The largest absolute Gasteiger partial charge is 0.484 e. The number of ether oxygens (including phenoxy) is 1. The van der Waals surface area contributed by atoms with Gasteiger partial charge in [-0.05, 0) is 68.5 Å². The zero-order chi connectivity index (χ0) is 23.2. The van der Waals surface area contributed by atoms with Crippen molar-refractivity contribution >= 4 is 23.4 Å². The van der Waals surface area contributed by atoms with E-state index in [1.807, 2.05) is 18.2 Å². The van der Waals surface area contributed by atoms with Crippen LogP contribution in [0.4, 0.5) is 10.1 Å². The first-order valence-electron chi connectivity index (χ1n) is 11.3. The highest BCUT2D eigenvalue weighted by Crippen LogP contribution is 2.28. The van der Waals surface area contributed by atoms with Crippen LogP contribution in [0.2, 0.25) is 0 Å². The number of hydrogen-bond acceptors (Lipinski definition) is 4. The van der Waals surface area contributed by atoms with Gasteiger partial charge in [0.25, 0.3) is 11.8 Å². The second kappa shape index (κ2) is 10.4. The van der Waals surface area contributed by atoms with Crippen LogP contribution in [0.15, 0.2) is 66.2 Å². The Morgan fingerprint density at radius 2 is 1.82 bits per heavy atom. The van der Waals surface area contributed by atoms with Crippen molar-refractivity contribution in [3.8, 4) is 5.75 Å². The van der Waals surface area contributed by atoms with E-state index in [2.05, 4.69) is 6.08 Å². The fraction of sp³-hybridized carbons (Fsp3) is 0.346. The minimum atomic E-state index is -0.904. The minimum absolute atomic E-state index is 0.105. The van der Waals surface area contributed by atoms with Crippen LogP contribution in [-0.4, -0.2) is 41.8 Å². The summed E-state index contributed by atoms with van der Waals surface area (Å²) >= 11 is 0. The van der Waals surface area contributed by atoms with Gasteiger partial charge in [0.2, 0.25) is 5.91 Å². The van der Waals surface area contributed by atoms with Crippen molar-refractivity contribution in [2.45, 2.75) is 44.6 Å². The Labute approximate surface area is 192 Å². The molecule has 3 amide bonds. The summed E-state index contributed by atoms with van der Waals surface area (Å²) in [5.74, 6) is -1.12. The third-order valence-corrected chi connectivity index (χ3v) is 6.07. The molecule has 33 heavy (non-hydrogen) atoms. The molecule has 6 nitrogen and oxygen atoms in total. The van der Waals surface area contributed by atoms with Crippen molar-refractivity contribution in [2.75, 3.05) is 18.1 Å². The van der Waals surface area contributed by atoms with E-state index in [0.29, 0.717) is 24.4 Å². The van der Waals surface area contributed by atoms with Gasteiger partial charge in [-0.15, -0.1) is 0 Å². The highest BCUT2D eigenvalue weighted by atomic mass is 19.1. The van der Waals surface area contributed by atoms with Crippen LogP contribution in [0.5, 0.6) is 5.75 Å². The summed E-state index contributed by atoms with van der Waals surface area (Å²) in [6.45, 7) is 0.112. The maximum Gasteiger partial charge on any atom is 0.261 e. The summed E-state index contributed by atoms with van der Waals surface area (Å²) in [7, 11) is 0. The summed E-state index contributed by atoms with van der Waals surface area (Å²) < 4.78 is 18.9. The van der Waals surface area contributed by atoms with Crippen LogP contribution in [0.25, 0.3) is 0 Å². The van der Waals surface area contributed by atoms with Crippen LogP contribution in [0.1, 0.15) is 38.5 Å². The maximum absolute atomic E-state index is 13.3. The lowest BCUT2D eigenvalue weighted by Gasteiger charge is -2.28. The number of nitrogens with zero attached hydrogens (tertiary/aromatic N) is 2. The lowest BCUT2D eigenvalue weighted by atomic mass is 9.97. The predicted molar refractivity (Wildman–Crippen MR) is 122 cm³/mol.